The van der Waals surface area contributed by atoms with Crippen LogP contribution in [0.5, 0.6) is 0 Å². The SMILES string of the molecule is CC(=O)N1CCCC(N)[C@@H]1CO[C@H]1CC[C@@H](c2ccccc2C(F)F)CC1. The first-order valence-electron chi connectivity index (χ1n) is 9.98. The third kappa shape index (κ3) is 4.85. The molecule has 1 aliphatic carbocycles. The lowest BCUT2D eigenvalue weighted by Crippen LogP contribution is -2.56. The Bertz CT molecular complexity index is 632. The number of carbonyl (C=O) groups is 1. The van der Waals surface area contributed by atoms with Crippen molar-refractivity contribution in [1.29, 1.82) is 0 Å². The van der Waals surface area contributed by atoms with Gasteiger partial charge in [-0.1, -0.05) is 24.3 Å². The second-order valence-electron chi connectivity index (χ2n) is 7.82. The fraction of sp³-hybridized carbons (Fsp3) is 0.667. The first-order valence-corrected chi connectivity index (χ1v) is 9.98. The van der Waals surface area contributed by atoms with E-state index in [2.05, 4.69) is 0 Å². The molecule has 1 amide bonds. The molecule has 2 atom stereocenters. The zero-order chi connectivity index (χ0) is 19.4. The van der Waals surface area contributed by atoms with Gasteiger partial charge in [0.05, 0.1) is 18.8 Å². The number of nitrogens with two attached hydrogens (primary N) is 1. The van der Waals surface area contributed by atoms with Gasteiger partial charge >= 0.3 is 0 Å². The van der Waals surface area contributed by atoms with Crippen LogP contribution in [0.3, 0.4) is 0 Å². The van der Waals surface area contributed by atoms with Crippen LogP contribution in [0.2, 0.25) is 0 Å². The van der Waals surface area contributed by atoms with E-state index in [1.807, 2.05) is 17.0 Å². The summed E-state index contributed by atoms with van der Waals surface area (Å²) in [6.07, 6.45) is 2.93. The van der Waals surface area contributed by atoms with E-state index in [0.29, 0.717) is 6.61 Å². The minimum atomic E-state index is -2.43. The number of hydrogen-bond donors (Lipinski definition) is 1. The molecule has 0 spiro atoms. The Labute approximate surface area is 160 Å². The standard InChI is InChI=1S/C21H30F2N2O2/c1-14(26)25-12-4-7-19(24)20(25)13-27-16-10-8-15(9-11-16)17-5-2-3-6-18(17)21(22)23/h2-3,5-6,15-16,19-21H,4,7-13,24H2,1H3/t15-,16+,19?,20-/m0/s1. The van der Waals surface area contributed by atoms with E-state index >= 15 is 0 Å². The molecular formula is C21H30F2N2O2. The van der Waals surface area contributed by atoms with Crippen molar-refractivity contribution in [2.45, 2.75) is 76.0 Å². The van der Waals surface area contributed by atoms with E-state index < -0.39 is 6.43 Å². The number of likely N-dealkylation sites (tertiary alicyclic amines) is 1. The molecule has 1 aromatic carbocycles. The average molecular weight is 380 g/mol. The fourth-order valence-corrected chi connectivity index (χ4v) is 4.55. The Hall–Kier alpha value is -1.53. The quantitative estimate of drug-likeness (QED) is 0.840. The van der Waals surface area contributed by atoms with Gasteiger partial charge < -0.3 is 15.4 Å². The number of amides is 1. The van der Waals surface area contributed by atoms with E-state index in [4.69, 9.17) is 10.5 Å². The van der Waals surface area contributed by atoms with Crippen LogP contribution in [0.4, 0.5) is 8.78 Å². The molecule has 150 valence electrons. The Morgan fingerprint density at radius 2 is 1.93 bits per heavy atom. The van der Waals surface area contributed by atoms with Crippen molar-refractivity contribution < 1.29 is 18.3 Å². The van der Waals surface area contributed by atoms with Crippen molar-refractivity contribution in [3.05, 3.63) is 35.4 Å². The number of benzene rings is 1. The highest BCUT2D eigenvalue weighted by atomic mass is 19.3. The van der Waals surface area contributed by atoms with Gasteiger partial charge in [-0.05, 0) is 50.0 Å². The summed E-state index contributed by atoms with van der Waals surface area (Å²) < 4.78 is 32.6. The van der Waals surface area contributed by atoms with E-state index in [1.54, 1.807) is 13.0 Å². The van der Waals surface area contributed by atoms with Gasteiger partial charge in [0, 0.05) is 25.1 Å². The molecule has 2 fully saturated rings. The minimum Gasteiger partial charge on any atom is -0.376 e. The molecule has 2 aliphatic rings. The summed E-state index contributed by atoms with van der Waals surface area (Å²) in [5.41, 5.74) is 7.16. The molecule has 1 aromatic rings. The number of piperidine rings is 1. The maximum atomic E-state index is 13.3. The maximum absolute atomic E-state index is 13.3. The number of halogens is 2. The molecule has 3 rings (SSSR count). The highest BCUT2D eigenvalue weighted by Gasteiger charge is 2.32. The highest BCUT2D eigenvalue weighted by Crippen LogP contribution is 2.38. The highest BCUT2D eigenvalue weighted by molar-refractivity contribution is 5.73. The topological polar surface area (TPSA) is 55.6 Å². The van der Waals surface area contributed by atoms with Crippen LogP contribution in [0.25, 0.3) is 0 Å². The first-order chi connectivity index (χ1) is 13.0. The van der Waals surface area contributed by atoms with E-state index in [9.17, 15) is 13.6 Å². The monoisotopic (exact) mass is 380 g/mol. The van der Waals surface area contributed by atoms with E-state index in [-0.39, 0.29) is 35.6 Å². The molecule has 27 heavy (non-hydrogen) atoms. The lowest BCUT2D eigenvalue weighted by molar-refractivity contribution is -0.135. The van der Waals surface area contributed by atoms with Crippen LogP contribution in [0.1, 0.15) is 68.9 Å². The number of nitrogens with zero attached hydrogens (tertiary/aromatic N) is 1. The fourth-order valence-electron chi connectivity index (χ4n) is 4.55. The summed E-state index contributed by atoms with van der Waals surface area (Å²) in [4.78, 5) is 13.7. The van der Waals surface area contributed by atoms with Crippen molar-refractivity contribution in [3.63, 3.8) is 0 Å². The number of alkyl halides is 2. The normalized spacial score (nSPS) is 29.1. The molecule has 0 bridgehead atoms. The molecule has 0 radical (unpaired) electrons. The summed E-state index contributed by atoms with van der Waals surface area (Å²) in [7, 11) is 0. The molecule has 1 saturated heterocycles. The Morgan fingerprint density at radius 1 is 1.22 bits per heavy atom. The summed E-state index contributed by atoms with van der Waals surface area (Å²) in [6, 6.07) is 6.77. The Balaban J connectivity index is 1.53. The van der Waals surface area contributed by atoms with Crippen molar-refractivity contribution in [3.8, 4) is 0 Å². The lowest BCUT2D eigenvalue weighted by Gasteiger charge is -2.40. The molecule has 1 heterocycles. The van der Waals surface area contributed by atoms with Crippen molar-refractivity contribution in [2.24, 2.45) is 5.73 Å². The summed E-state index contributed by atoms with van der Waals surface area (Å²) >= 11 is 0. The van der Waals surface area contributed by atoms with E-state index in [1.165, 1.54) is 6.07 Å². The van der Waals surface area contributed by atoms with Gasteiger partial charge in [0.1, 0.15) is 0 Å². The van der Waals surface area contributed by atoms with Crippen LogP contribution in [-0.2, 0) is 9.53 Å². The third-order valence-corrected chi connectivity index (χ3v) is 6.08. The molecule has 2 N–H and O–H groups in total. The lowest BCUT2D eigenvalue weighted by atomic mass is 9.81. The van der Waals surface area contributed by atoms with Gasteiger partial charge in [-0.25, -0.2) is 8.78 Å². The Morgan fingerprint density at radius 3 is 2.59 bits per heavy atom. The summed E-state index contributed by atoms with van der Waals surface area (Å²) in [5.74, 6) is 0.215. The smallest absolute Gasteiger partial charge is 0.264 e. The van der Waals surface area contributed by atoms with Crippen molar-refractivity contribution >= 4 is 5.91 Å². The summed E-state index contributed by atoms with van der Waals surface area (Å²) in [6.45, 7) is 2.79. The molecule has 1 unspecified atom stereocenters. The molecule has 0 aromatic heterocycles. The maximum Gasteiger partial charge on any atom is 0.264 e. The molecule has 6 heteroatoms. The first kappa shape index (κ1) is 20.2. The van der Waals surface area contributed by atoms with Crippen LogP contribution < -0.4 is 5.73 Å². The minimum absolute atomic E-state index is 0.0445. The van der Waals surface area contributed by atoms with Crippen LogP contribution in [0.15, 0.2) is 24.3 Å². The molecule has 1 aliphatic heterocycles. The second kappa shape index (κ2) is 9.11. The van der Waals surface area contributed by atoms with Crippen LogP contribution in [0, 0.1) is 0 Å². The predicted molar refractivity (Wildman–Crippen MR) is 101 cm³/mol. The number of rotatable bonds is 5. The number of carbonyl (C=O) groups excluding carboxylic acids is 1. The van der Waals surface area contributed by atoms with Crippen molar-refractivity contribution in [2.75, 3.05) is 13.2 Å². The van der Waals surface area contributed by atoms with Gasteiger partial charge in [-0.15, -0.1) is 0 Å². The molecular weight excluding hydrogens is 350 g/mol. The molecule has 1 saturated carbocycles. The third-order valence-electron chi connectivity index (χ3n) is 6.08. The van der Waals surface area contributed by atoms with Gasteiger partial charge in [-0.2, -0.15) is 0 Å². The van der Waals surface area contributed by atoms with Gasteiger partial charge in [-0.3, -0.25) is 4.79 Å². The average Bonchev–Trinajstić information content (AvgIpc) is 2.67. The van der Waals surface area contributed by atoms with Gasteiger partial charge in [0.2, 0.25) is 5.91 Å². The van der Waals surface area contributed by atoms with E-state index in [0.717, 1.165) is 50.6 Å². The Kier molecular flexibility index (Phi) is 6.82. The zero-order valence-corrected chi connectivity index (χ0v) is 15.9. The number of hydrogen-bond acceptors (Lipinski definition) is 3. The second-order valence-corrected chi connectivity index (χ2v) is 7.82. The van der Waals surface area contributed by atoms with Gasteiger partial charge in [0.15, 0.2) is 0 Å². The van der Waals surface area contributed by atoms with Gasteiger partial charge in [0.25, 0.3) is 6.43 Å². The molecule has 4 nitrogen and oxygen atoms in total. The summed E-state index contributed by atoms with van der Waals surface area (Å²) in [5, 5.41) is 0. The number of ether oxygens (including phenoxy) is 1. The van der Waals surface area contributed by atoms with Crippen molar-refractivity contribution in [1.82, 2.24) is 4.90 Å². The zero-order valence-electron chi connectivity index (χ0n) is 15.9. The predicted octanol–water partition coefficient (Wildman–Crippen LogP) is 4.01. The van der Waals surface area contributed by atoms with Crippen LogP contribution in [-0.4, -0.2) is 42.1 Å². The van der Waals surface area contributed by atoms with Crippen LogP contribution >= 0.6 is 0 Å². The largest absolute Gasteiger partial charge is 0.376 e.